The summed E-state index contributed by atoms with van der Waals surface area (Å²) in [5, 5.41) is 7.82. The molecule has 0 bridgehead atoms. The van der Waals surface area contributed by atoms with E-state index in [4.69, 9.17) is 4.42 Å². The highest BCUT2D eigenvalue weighted by molar-refractivity contribution is 7.99. The molecule has 3 rings (SSSR count). The summed E-state index contributed by atoms with van der Waals surface area (Å²) in [6, 6.07) is 13.1. The Morgan fingerprint density at radius 1 is 1.11 bits per heavy atom. The van der Waals surface area contributed by atoms with Gasteiger partial charge in [-0.3, -0.25) is 9.59 Å². The van der Waals surface area contributed by atoms with Crippen molar-refractivity contribution < 1.29 is 14.0 Å². The molecule has 0 spiro atoms. The van der Waals surface area contributed by atoms with Gasteiger partial charge in [0, 0.05) is 16.2 Å². The van der Waals surface area contributed by atoms with E-state index in [1.807, 2.05) is 36.6 Å². The fourth-order valence-electron chi connectivity index (χ4n) is 2.56. The van der Waals surface area contributed by atoms with Gasteiger partial charge in [0.25, 0.3) is 5.91 Å². The zero-order valence-corrected chi connectivity index (χ0v) is 17.2. The van der Waals surface area contributed by atoms with Gasteiger partial charge in [-0.05, 0) is 53.8 Å². The number of amides is 2. The highest BCUT2D eigenvalue weighted by Crippen LogP contribution is 2.16. The largest absolute Gasteiger partial charge is 0.467 e. The summed E-state index contributed by atoms with van der Waals surface area (Å²) in [6.45, 7) is 2.98. The summed E-state index contributed by atoms with van der Waals surface area (Å²) in [4.78, 5) is 25.5. The first-order valence-electron chi connectivity index (χ1n) is 8.89. The quantitative estimate of drug-likeness (QED) is 0.552. The van der Waals surface area contributed by atoms with Crippen LogP contribution in [0.25, 0.3) is 0 Å². The molecule has 2 N–H and O–H groups in total. The third kappa shape index (κ3) is 6.00. The predicted octanol–water partition coefficient (Wildman–Crippen LogP) is 4.13. The Morgan fingerprint density at radius 2 is 2.00 bits per heavy atom. The third-order valence-corrected chi connectivity index (χ3v) is 6.14. The van der Waals surface area contributed by atoms with Gasteiger partial charge >= 0.3 is 0 Å². The maximum atomic E-state index is 12.3. The lowest BCUT2D eigenvalue weighted by atomic mass is 10.1. The van der Waals surface area contributed by atoms with Gasteiger partial charge < -0.3 is 15.1 Å². The normalized spacial score (nSPS) is 10.6. The van der Waals surface area contributed by atoms with E-state index in [9.17, 15) is 9.59 Å². The van der Waals surface area contributed by atoms with Crippen LogP contribution in [0.2, 0.25) is 0 Å². The van der Waals surface area contributed by atoms with Gasteiger partial charge in [-0.2, -0.15) is 0 Å². The summed E-state index contributed by atoms with van der Waals surface area (Å²) < 4.78 is 5.21. The maximum Gasteiger partial charge on any atom is 0.251 e. The smallest absolute Gasteiger partial charge is 0.251 e. The number of hydrogen-bond donors (Lipinski definition) is 2. The number of furan rings is 1. The molecule has 28 heavy (non-hydrogen) atoms. The van der Waals surface area contributed by atoms with Crippen molar-refractivity contribution in [3.05, 3.63) is 81.4 Å². The minimum Gasteiger partial charge on any atom is -0.467 e. The molecule has 0 radical (unpaired) electrons. The molecule has 0 aliphatic carbocycles. The summed E-state index contributed by atoms with van der Waals surface area (Å²) in [6.07, 6.45) is 1.58. The molecule has 0 atom stereocenters. The lowest BCUT2D eigenvalue weighted by molar-refractivity contribution is -0.118. The fraction of sp³-hybridized carbons (Fsp3) is 0.238. The molecule has 2 aromatic heterocycles. The number of thioether (sulfide) groups is 1. The van der Waals surface area contributed by atoms with E-state index in [-0.39, 0.29) is 11.8 Å². The Hall–Kier alpha value is -2.51. The lowest BCUT2D eigenvalue weighted by Crippen LogP contribution is -2.24. The summed E-state index contributed by atoms with van der Waals surface area (Å²) in [5.41, 5.74) is 2.82. The van der Waals surface area contributed by atoms with Crippen molar-refractivity contribution in [1.82, 2.24) is 10.6 Å². The standard InChI is InChI=1S/C21H22N2O3S2/c1-15-7-9-28-19(15)12-22-20(24)14-27-13-16-4-2-5-17(10-16)21(25)23-11-18-6-3-8-26-18/h2-10H,11-14H2,1H3,(H,22,24)(H,23,25). The van der Waals surface area contributed by atoms with Crippen LogP contribution in [0.1, 0.15) is 32.1 Å². The molecule has 2 amide bonds. The molecular formula is C21H22N2O3S2. The molecule has 1 aromatic carbocycles. The van der Waals surface area contributed by atoms with Gasteiger partial charge in [0.15, 0.2) is 0 Å². The van der Waals surface area contributed by atoms with Gasteiger partial charge in [-0.25, -0.2) is 0 Å². The van der Waals surface area contributed by atoms with E-state index in [0.717, 1.165) is 5.56 Å². The Bertz CT molecular complexity index is 919. The number of rotatable bonds is 9. The molecule has 5 nitrogen and oxygen atoms in total. The number of carbonyl (C=O) groups is 2. The van der Waals surface area contributed by atoms with Crippen molar-refractivity contribution >= 4 is 34.9 Å². The van der Waals surface area contributed by atoms with E-state index >= 15 is 0 Å². The zero-order chi connectivity index (χ0) is 19.8. The van der Waals surface area contributed by atoms with E-state index < -0.39 is 0 Å². The second kappa shape index (κ2) is 10.1. The minimum atomic E-state index is -0.146. The number of thiophene rings is 1. The van der Waals surface area contributed by atoms with Gasteiger partial charge in [-0.15, -0.1) is 23.1 Å². The van der Waals surface area contributed by atoms with Crippen LogP contribution in [0.15, 0.2) is 58.5 Å². The molecule has 0 saturated carbocycles. The van der Waals surface area contributed by atoms with E-state index in [1.54, 1.807) is 29.7 Å². The van der Waals surface area contributed by atoms with Crippen LogP contribution in [0.3, 0.4) is 0 Å². The van der Waals surface area contributed by atoms with Crippen LogP contribution in [-0.2, 0) is 23.6 Å². The average molecular weight is 415 g/mol. The monoisotopic (exact) mass is 414 g/mol. The Balaban J connectivity index is 1.42. The van der Waals surface area contributed by atoms with Crippen molar-refractivity contribution in [2.45, 2.75) is 25.8 Å². The van der Waals surface area contributed by atoms with Crippen LogP contribution >= 0.6 is 23.1 Å². The summed E-state index contributed by atoms with van der Waals surface area (Å²) in [5.74, 6) is 1.64. The van der Waals surface area contributed by atoms with Crippen LogP contribution in [-0.4, -0.2) is 17.6 Å². The number of carbonyl (C=O) groups excluding carboxylic acids is 2. The Kier molecular flexibility index (Phi) is 7.33. The van der Waals surface area contributed by atoms with Crippen molar-refractivity contribution in [2.75, 3.05) is 5.75 Å². The molecule has 2 heterocycles. The predicted molar refractivity (Wildman–Crippen MR) is 113 cm³/mol. The molecule has 0 aliphatic rings. The number of benzene rings is 1. The minimum absolute atomic E-state index is 0.0187. The number of aryl methyl sites for hydroxylation is 1. The highest BCUT2D eigenvalue weighted by Gasteiger charge is 2.08. The van der Waals surface area contributed by atoms with Crippen molar-refractivity contribution in [1.29, 1.82) is 0 Å². The van der Waals surface area contributed by atoms with Gasteiger partial charge in [-0.1, -0.05) is 12.1 Å². The van der Waals surface area contributed by atoms with Crippen molar-refractivity contribution in [3.8, 4) is 0 Å². The van der Waals surface area contributed by atoms with E-state index in [1.165, 1.54) is 22.2 Å². The summed E-state index contributed by atoms with van der Waals surface area (Å²) in [7, 11) is 0. The molecular weight excluding hydrogens is 392 g/mol. The molecule has 3 aromatic rings. The first-order chi connectivity index (χ1) is 13.6. The summed E-state index contributed by atoms with van der Waals surface area (Å²) >= 11 is 3.19. The van der Waals surface area contributed by atoms with E-state index in [2.05, 4.69) is 16.7 Å². The van der Waals surface area contributed by atoms with Crippen LogP contribution in [0.4, 0.5) is 0 Å². The van der Waals surface area contributed by atoms with Crippen molar-refractivity contribution in [2.24, 2.45) is 0 Å². The maximum absolute atomic E-state index is 12.3. The van der Waals surface area contributed by atoms with Crippen LogP contribution < -0.4 is 10.6 Å². The average Bonchev–Trinajstić information content (AvgIpc) is 3.36. The molecule has 0 unspecified atom stereocenters. The molecule has 0 saturated heterocycles. The first kappa shape index (κ1) is 20.2. The number of hydrogen-bond acceptors (Lipinski definition) is 5. The first-order valence-corrected chi connectivity index (χ1v) is 10.9. The fourth-order valence-corrected chi connectivity index (χ4v) is 4.21. The van der Waals surface area contributed by atoms with Crippen molar-refractivity contribution in [3.63, 3.8) is 0 Å². The highest BCUT2D eigenvalue weighted by atomic mass is 32.2. The molecule has 0 aliphatic heterocycles. The Morgan fingerprint density at radius 3 is 2.75 bits per heavy atom. The van der Waals surface area contributed by atoms with Gasteiger partial charge in [0.2, 0.25) is 5.91 Å². The number of nitrogens with one attached hydrogen (secondary N) is 2. The van der Waals surface area contributed by atoms with E-state index in [0.29, 0.717) is 35.9 Å². The zero-order valence-electron chi connectivity index (χ0n) is 15.6. The second-order valence-corrected chi connectivity index (χ2v) is 8.25. The Labute approximate surface area is 172 Å². The third-order valence-electron chi connectivity index (χ3n) is 4.11. The molecule has 146 valence electrons. The molecule has 7 heteroatoms. The second-order valence-electron chi connectivity index (χ2n) is 6.26. The van der Waals surface area contributed by atoms with Crippen LogP contribution in [0.5, 0.6) is 0 Å². The SMILES string of the molecule is Cc1ccsc1CNC(=O)CSCc1cccc(C(=O)NCc2ccco2)c1. The lowest BCUT2D eigenvalue weighted by Gasteiger charge is -2.07. The molecule has 0 fully saturated rings. The topological polar surface area (TPSA) is 71.3 Å². The van der Waals surface area contributed by atoms with Gasteiger partial charge in [0.05, 0.1) is 25.1 Å². The van der Waals surface area contributed by atoms with Crippen LogP contribution in [0, 0.1) is 6.92 Å². The van der Waals surface area contributed by atoms with Gasteiger partial charge in [0.1, 0.15) is 5.76 Å².